The van der Waals surface area contributed by atoms with Crippen molar-refractivity contribution in [2.75, 3.05) is 26.1 Å². The van der Waals surface area contributed by atoms with E-state index >= 15 is 0 Å². The van der Waals surface area contributed by atoms with Crippen LogP contribution in [0, 0.1) is 6.92 Å². The first-order chi connectivity index (χ1) is 13.0. The van der Waals surface area contributed by atoms with Crippen molar-refractivity contribution in [2.45, 2.75) is 13.5 Å². The van der Waals surface area contributed by atoms with Crippen LogP contribution in [0.1, 0.15) is 21.9 Å². The largest absolute Gasteiger partial charge is 0.467 e. The molecule has 3 rings (SSSR count). The number of anilines is 1. The highest BCUT2D eigenvalue weighted by Crippen LogP contribution is 2.14. The number of para-hydroxylation sites is 1. The van der Waals surface area contributed by atoms with Crippen molar-refractivity contribution < 1.29 is 9.53 Å². The Kier molecular flexibility index (Phi) is 5.30. The second-order valence-electron chi connectivity index (χ2n) is 6.01. The fraction of sp³-hybridized carbons (Fsp3) is 0.278. The fourth-order valence-electron chi connectivity index (χ4n) is 2.47. The van der Waals surface area contributed by atoms with Crippen LogP contribution in [-0.2, 0) is 6.54 Å². The Hall–Kier alpha value is -3.49. The second-order valence-corrected chi connectivity index (χ2v) is 6.01. The molecule has 9 heteroatoms. The first kappa shape index (κ1) is 18.3. The summed E-state index contributed by atoms with van der Waals surface area (Å²) >= 11 is 0. The van der Waals surface area contributed by atoms with Gasteiger partial charge in [0.15, 0.2) is 5.82 Å². The van der Waals surface area contributed by atoms with Gasteiger partial charge in [0.05, 0.1) is 36.8 Å². The second kappa shape index (κ2) is 7.81. The molecule has 1 amide bonds. The van der Waals surface area contributed by atoms with Crippen LogP contribution in [0.25, 0.3) is 5.69 Å². The molecule has 0 aliphatic carbocycles. The Morgan fingerprint density at radius 1 is 1.19 bits per heavy atom. The molecule has 0 fully saturated rings. The third-order valence-electron chi connectivity index (χ3n) is 3.89. The van der Waals surface area contributed by atoms with Gasteiger partial charge in [0.2, 0.25) is 5.95 Å². The lowest BCUT2D eigenvalue weighted by Gasteiger charge is -2.12. The number of carbonyl (C=O) groups is 1. The Balaban J connectivity index is 1.75. The molecule has 140 valence electrons. The molecule has 27 heavy (non-hydrogen) atoms. The molecule has 0 atom stereocenters. The summed E-state index contributed by atoms with van der Waals surface area (Å²) < 4.78 is 6.82. The van der Waals surface area contributed by atoms with Gasteiger partial charge in [0.1, 0.15) is 0 Å². The van der Waals surface area contributed by atoms with Gasteiger partial charge in [-0.25, -0.2) is 4.68 Å². The number of nitrogens with one attached hydrogen (secondary N) is 1. The SMILES string of the molecule is COc1nc(CNC(=O)c2cnn(-c3ccccc3)c2C)nc(N(C)C)n1. The van der Waals surface area contributed by atoms with E-state index < -0.39 is 0 Å². The molecule has 0 bridgehead atoms. The average Bonchev–Trinajstić information content (AvgIpc) is 3.08. The van der Waals surface area contributed by atoms with Crippen LogP contribution < -0.4 is 15.0 Å². The van der Waals surface area contributed by atoms with Gasteiger partial charge in [-0.15, -0.1) is 0 Å². The number of carbonyl (C=O) groups excluding carboxylic acids is 1. The molecular weight excluding hydrogens is 346 g/mol. The first-order valence-corrected chi connectivity index (χ1v) is 8.34. The summed E-state index contributed by atoms with van der Waals surface area (Å²) in [5.41, 5.74) is 2.14. The lowest BCUT2D eigenvalue weighted by molar-refractivity contribution is 0.0949. The molecule has 1 N–H and O–H groups in total. The molecule has 0 spiro atoms. The summed E-state index contributed by atoms with van der Waals surface area (Å²) in [4.78, 5) is 26.9. The number of methoxy groups -OCH3 is 1. The van der Waals surface area contributed by atoms with E-state index in [9.17, 15) is 4.79 Å². The third-order valence-corrected chi connectivity index (χ3v) is 3.89. The molecule has 0 aliphatic rings. The highest BCUT2D eigenvalue weighted by Gasteiger charge is 2.16. The number of nitrogens with zero attached hydrogens (tertiary/aromatic N) is 6. The molecule has 0 saturated heterocycles. The van der Waals surface area contributed by atoms with Crippen molar-refractivity contribution in [3.05, 3.63) is 53.6 Å². The Morgan fingerprint density at radius 3 is 2.59 bits per heavy atom. The normalized spacial score (nSPS) is 10.5. The summed E-state index contributed by atoms with van der Waals surface area (Å²) in [5.74, 6) is 0.617. The van der Waals surface area contributed by atoms with E-state index in [4.69, 9.17) is 4.74 Å². The van der Waals surface area contributed by atoms with Crippen LogP contribution in [0.2, 0.25) is 0 Å². The maximum absolute atomic E-state index is 12.6. The number of aromatic nitrogens is 5. The lowest BCUT2D eigenvalue weighted by Crippen LogP contribution is -2.25. The Labute approximate surface area is 157 Å². The zero-order valence-corrected chi connectivity index (χ0v) is 15.7. The van der Waals surface area contributed by atoms with Gasteiger partial charge in [-0.3, -0.25) is 4.79 Å². The summed E-state index contributed by atoms with van der Waals surface area (Å²) in [5, 5.41) is 7.13. The number of amides is 1. The van der Waals surface area contributed by atoms with Gasteiger partial charge < -0.3 is 15.0 Å². The number of rotatable bonds is 6. The van der Waals surface area contributed by atoms with E-state index in [1.807, 2.05) is 51.4 Å². The first-order valence-electron chi connectivity index (χ1n) is 8.34. The molecular formula is C18H21N7O2. The van der Waals surface area contributed by atoms with Gasteiger partial charge >= 0.3 is 6.01 Å². The van der Waals surface area contributed by atoms with E-state index in [1.54, 1.807) is 15.8 Å². The van der Waals surface area contributed by atoms with Gasteiger partial charge in [-0.05, 0) is 19.1 Å². The van der Waals surface area contributed by atoms with Crippen LogP contribution in [0.4, 0.5) is 5.95 Å². The van der Waals surface area contributed by atoms with Gasteiger partial charge in [0.25, 0.3) is 5.91 Å². The highest BCUT2D eigenvalue weighted by atomic mass is 16.5. The van der Waals surface area contributed by atoms with Gasteiger partial charge in [0, 0.05) is 14.1 Å². The lowest BCUT2D eigenvalue weighted by atomic mass is 10.2. The van der Waals surface area contributed by atoms with E-state index in [-0.39, 0.29) is 18.5 Å². The molecule has 0 saturated carbocycles. The molecule has 9 nitrogen and oxygen atoms in total. The van der Waals surface area contributed by atoms with Crippen molar-refractivity contribution in [3.63, 3.8) is 0 Å². The van der Waals surface area contributed by atoms with E-state index in [0.29, 0.717) is 17.3 Å². The van der Waals surface area contributed by atoms with Gasteiger partial charge in [-0.2, -0.15) is 20.1 Å². The topological polar surface area (TPSA) is 98.1 Å². The van der Waals surface area contributed by atoms with Crippen molar-refractivity contribution in [1.29, 1.82) is 0 Å². The fourth-order valence-corrected chi connectivity index (χ4v) is 2.47. The molecule has 3 aromatic rings. The minimum atomic E-state index is -0.250. The number of ether oxygens (including phenoxy) is 1. The minimum Gasteiger partial charge on any atom is -0.467 e. The summed E-state index contributed by atoms with van der Waals surface area (Å²) in [6.45, 7) is 2.00. The van der Waals surface area contributed by atoms with E-state index in [2.05, 4.69) is 25.4 Å². The summed E-state index contributed by atoms with van der Waals surface area (Å²) in [6.07, 6.45) is 1.55. The summed E-state index contributed by atoms with van der Waals surface area (Å²) in [7, 11) is 5.12. The summed E-state index contributed by atoms with van der Waals surface area (Å²) in [6, 6.07) is 9.84. The standard InChI is InChI=1S/C18H21N7O2/c1-12-14(10-20-25(12)13-8-6-5-7-9-13)16(26)19-11-15-21-17(24(2)3)23-18(22-15)27-4/h5-10H,11H2,1-4H3,(H,19,26). The van der Waals surface area contributed by atoms with Crippen LogP contribution >= 0.6 is 0 Å². The monoisotopic (exact) mass is 367 g/mol. The molecule has 2 heterocycles. The van der Waals surface area contributed by atoms with E-state index in [0.717, 1.165) is 11.4 Å². The van der Waals surface area contributed by atoms with Crippen LogP contribution in [0.15, 0.2) is 36.5 Å². The average molecular weight is 367 g/mol. The van der Waals surface area contributed by atoms with Crippen LogP contribution in [-0.4, -0.2) is 51.8 Å². The van der Waals surface area contributed by atoms with E-state index in [1.165, 1.54) is 7.11 Å². The predicted octanol–water partition coefficient (Wildman–Crippen LogP) is 1.37. The van der Waals surface area contributed by atoms with Crippen LogP contribution in [0.5, 0.6) is 6.01 Å². The highest BCUT2D eigenvalue weighted by molar-refractivity contribution is 5.95. The maximum atomic E-state index is 12.6. The number of hydrogen-bond donors (Lipinski definition) is 1. The molecule has 0 aliphatic heterocycles. The number of hydrogen-bond acceptors (Lipinski definition) is 7. The number of benzene rings is 1. The zero-order valence-electron chi connectivity index (χ0n) is 15.7. The maximum Gasteiger partial charge on any atom is 0.321 e. The zero-order chi connectivity index (χ0) is 19.4. The van der Waals surface area contributed by atoms with Crippen molar-refractivity contribution in [1.82, 2.24) is 30.0 Å². The van der Waals surface area contributed by atoms with Gasteiger partial charge in [-0.1, -0.05) is 18.2 Å². The molecule has 1 aromatic carbocycles. The quantitative estimate of drug-likeness (QED) is 0.702. The molecule has 2 aromatic heterocycles. The van der Waals surface area contributed by atoms with Crippen molar-refractivity contribution >= 4 is 11.9 Å². The third kappa shape index (κ3) is 4.02. The Bertz CT molecular complexity index is 938. The predicted molar refractivity (Wildman–Crippen MR) is 100 cm³/mol. The minimum absolute atomic E-state index is 0.147. The van der Waals surface area contributed by atoms with Crippen molar-refractivity contribution in [2.24, 2.45) is 0 Å². The smallest absolute Gasteiger partial charge is 0.321 e. The van der Waals surface area contributed by atoms with Crippen molar-refractivity contribution in [3.8, 4) is 11.7 Å². The molecule has 0 unspecified atom stereocenters. The van der Waals surface area contributed by atoms with Crippen LogP contribution in [0.3, 0.4) is 0 Å². The molecule has 0 radical (unpaired) electrons. The Morgan fingerprint density at radius 2 is 1.93 bits per heavy atom.